The zero-order chi connectivity index (χ0) is 12.3. The predicted molar refractivity (Wildman–Crippen MR) is 68.5 cm³/mol. The van der Waals surface area contributed by atoms with E-state index in [-0.39, 0.29) is 4.82 Å². The number of halogens is 2. The zero-order valence-corrected chi connectivity index (χ0v) is 11.7. The van der Waals surface area contributed by atoms with E-state index in [4.69, 9.17) is 16.3 Å². The summed E-state index contributed by atoms with van der Waals surface area (Å²) in [5.74, 6) is 0.769. The van der Waals surface area contributed by atoms with E-state index in [2.05, 4.69) is 15.9 Å². The van der Waals surface area contributed by atoms with Crippen molar-refractivity contribution in [2.24, 2.45) is 0 Å². The van der Waals surface area contributed by atoms with E-state index in [1.165, 1.54) is 4.90 Å². The number of carbonyl (C=O) groups is 1. The van der Waals surface area contributed by atoms with Crippen LogP contribution >= 0.6 is 27.5 Å². The van der Waals surface area contributed by atoms with Crippen molar-refractivity contribution in [1.82, 2.24) is 4.90 Å². The predicted octanol–water partition coefficient (Wildman–Crippen LogP) is 3.60. The normalized spacial score (nSPS) is 10.1. The Morgan fingerprint density at radius 1 is 1.56 bits per heavy atom. The van der Waals surface area contributed by atoms with Crippen molar-refractivity contribution in [2.75, 3.05) is 14.2 Å². The van der Waals surface area contributed by atoms with Gasteiger partial charge in [-0.3, -0.25) is 4.79 Å². The molecule has 0 radical (unpaired) electrons. The molecule has 0 heterocycles. The van der Waals surface area contributed by atoms with E-state index >= 15 is 0 Å². The summed E-state index contributed by atoms with van der Waals surface area (Å²) in [6.45, 7) is 2.37. The van der Waals surface area contributed by atoms with E-state index < -0.39 is 0 Å². The third-order valence-corrected chi connectivity index (χ3v) is 3.05. The summed E-state index contributed by atoms with van der Waals surface area (Å²) in [5.41, 5.74) is 1.85. The standard InChI is InChI=1S/C11H13BrClNO2/c1-7-4-9(13)5-8(10(7)16-3)6-14(2)11(12)15/h4-5H,6H2,1-3H3. The van der Waals surface area contributed by atoms with Gasteiger partial charge in [-0.05, 0) is 24.6 Å². The number of hydrogen-bond donors (Lipinski definition) is 0. The van der Waals surface area contributed by atoms with Crippen LogP contribution in [0.15, 0.2) is 12.1 Å². The Bertz CT molecular complexity index is 409. The van der Waals surface area contributed by atoms with Crippen LogP contribution in [0.25, 0.3) is 0 Å². The second-order valence-corrected chi connectivity index (χ2v) is 4.64. The van der Waals surface area contributed by atoms with Gasteiger partial charge in [0.2, 0.25) is 0 Å². The van der Waals surface area contributed by atoms with E-state index in [9.17, 15) is 4.79 Å². The Kier molecular flexibility index (Phi) is 4.62. The third kappa shape index (κ3) is 3.12. The van der Waals surface area contributed by atoms with Crippen LogP contribution in [-0.2, 0) is 6.54 Å². The molecule has 0 aromatic heterocycles. The molecular formula is C11H13BrClNO2. The lowest BCUT2D eigenvalue weighted by Gasteiger charge is -2.17. The summed E-state index contributed by atoms with van der Waals surface area (Å²) >= 11 is 8.87. The van der Waals surface area contributed by atoms with Crippen LogP contribution in [-0.4, -0.2) is 23.9 Å². The minimum absolute atomic E-state index is 0.174. The van der Waals surface area contributed by atoms with Crippen LogP contribution in [0.5, 0.6) is 5.75 Å². The summed E-state index contributed by atoms with van der Waals surface area (Å²) in [6.07, 6.45) is 0. The molecule has 0 fully saturated rings. The molecule has 1 aromatic rings. The zero-order valence-electron chi connectivity index (χ0n) is 9.38. The Morgan fingerprint density at radius 2 is 2.19 bits per heavy atom. The van der Waals surface area contributed by atoms with Gasteiger partial charge in [-0.25, -0.2) is 0 Å². The number of ether oxygens (including phenoxy) is 1. The maximum Gasteiger partial charge on any atom is 0.289 e. The second-order valence-electron chi connectivity index (χ2n) is 3.52. The number of nitrogens with zero attached hydrogens (tertiary/aromatic N) is 1. The van der Waals surface area contributed by atoms with Crippen molar-refractivity contribution in [3.8, 4) is 5.75 Å². The van der Waals surface area contributed by atoms with Crippen LogP contribution < -0.4 is 4.74 Å². The molecule has 0 unspecified atom stereocenters. The van der Waals surface area contributed by atoms with Crippen LogP contribution in [0.1, 0.15) is 11.1 Å². The Balaban J connectivity index is 3.07. The molecule has 1 rings (SSSR count). The molecule has 0 aliphatic heterocycles. The molecule has 5 heteroatoms. The Morgan fingerprint density at radius 3 is 2.69 bits per heavy atom. The number of rotatable bonds is 3. The lowest BCUT2D eigenvalue weighted by molar-refractivity contribution is 0.232. The van der Waals surface area contributed by atoms with E-state index in [0.717, 1.165) is 16.9 Å². The lowest BCUT2D eigenvalue weighted by Crippen LogP contribution is -2.20. The van der Waals surface area contributed by atoms with Crippen molar-refractivity contribution in [3.63, 3.8) is 0 Å². The van der Waals surface area contributed by atoms with Gasteiger partial charge in [0.15, 0.2) is 0 Å². The van der Waals surface area contributed by atoms with Crippen molar-refractivity contribution in [3.05, 3.63) is 28.3 Å². The molecule has 0 N–H and O–H groups in total. The topological polar surface area (TPSA) is 29.5 Å². The maximum atomic E-state index is 11.1. The molecule has 1 amide bonds. The summed E-state index contributed by atoms with van der Waals surface area (Å²) in [6, 6.07) is 3.64. The van der Waals surface area contributed by atoms with Gasteiger partial charge in [-0.2, -0.15) is 0 Å². The molecule has 16 heavy (non-hydrogen) atoms. The molecule has 0 saturated carbocycles. The van der Waals surface area contributed by atoms with Crippen LogP contribution in [0.3, 0.4) is 0 Å². The van der Waals surface area contributed by atoms with E-state index in [1.54, 1.807) is 20.2 Å². The second kappa shape index (κ2) is 5.55. The van der Waals surface area contributed by atoms with E-state index in [1.807, 2.05) is 13.0 Å². The molecule has 0 spiro atoms. The van der Waals surface area contributed by atoms with Gasteiger partial charge in [-0.1, -0.05) is 11.6 Å². The molecule has 0 aliphatic carbocycles. The number of carbonyl (C=O) groups excluding carboxylic acids is 1. The number of benzene rings is 1. The number of amides is 1. The van der Waals surface area contributed by atoms with Gasteiger partial charge in [0.1, 0.15) is 5.75 Å². The first kappa shape index (κ1) is 13.3. The quantitative estimate of drug-likeness (QED) is 0.631. The van der Waals surface area contributed by atoms with Gasteiger partial charge in [0.25, 0.3) is 4.82 Å². The number of hydrogen-bond acceptors (Lipinski definition) is 2. The van der Waals surface area contributed by atoms with Crippen LogP contribution in [0, 0.1) is 6.92 Å². The smallest absolute Gasteiger partial charge is 0.289 e. The SMILES string of the molecule is COc1c(C)cc(Cl)cc1CN(C)C(=O)Br. The average molecular weight is 307 g/mol. The highest BCUT2D eigenvalue weighted by Crippen LogP contribution is 2.28. The van der Waals surface area contributed by atoms with Crippen LogP contribution in [0.2, 0.25) is 5.02 Å². The lowest BCUT2D eigenvalue weighted by atomic mass is 10.1. The first-order valence-corrected chi connectivity index (χ1v) is 5.86. The summed E-state index contributed by atoms with van der Waals surface area (Å²) in [5, 5.41) is 0.642. The van der Waals surface area contributed by atoms with Gasteiger partial charge in [-0.15, -0.1) is 0 Å². The van der Waals surface area contributed by atoms with Gasteiger partial charge < -0.3 is 9.64 Å². The molecule has 88 valence electrons. The van der Waals surface area contributed by atoms with Gasteiger partial charge in [0, 0.05) is 40.1 Å². The Labute approximate surface area is 108 Å². The summed E-state index contributed by atoms with van der Waals surface area (Å²) < 4.78 is 5.30. The fourth-order valence-electron chi connectivity index (χ4n) is 1.53. The summed E-state index contributed by atoms with van der Waals surface area (Å²) in [7, 11) is 3.31. The third-order valence-electron chi connectivity index (χ3n) is 2.23. The minimum atomic E-state index is -0.174. The molecule has 0 saturated heterocycles. The highest BCUT2D eigenvalue weighted by atomic mass is 79.9. The number of aryl methyl sites for hydroxylation is 1. The van der Waals surface area contributed by atoms with Crippen molar-refractivity contribution in [1.29, 1.82) is 0 Å². The average Bonchev–Trinajstić information content (AvgIpc) is 2.16. The molecule has 1 aromatic carbocycles. The molecule has 0 bridgehead atoms. The molecule has 0 aliphatic rings. The Hall–Kier alpha value is -0.740. The highest BCUT2D eigenvalue weighted by Gasteiger charge is 2.12. The molecule has 3 nitrogen and oxygen atoms in total. The van der Waals surface area contributed by atoms with Crippen LogP contribution in [0.4, 0.5) is 4.79 Å². The fourth-order valence-corrected chi connectivity index (χ4v) is 1.95. The molecular weight excluding hydrogens is 293 g/mol. The van der Waals surface area contributed by atoms with Gasteiger partial charge in [0.05, 0.1) is 7.11 Å². The largest absolute Gasteiger partial charge is 0.496 e. The van der Waals surface area contributed by atoms with Crippen molar-refractivity contribution < 1.29 is 9.53 Å². The minimum Gasteiger partial charge on any atom is -0.496 e. The monoisotopic (exact) mass is 305 g/mol. The van der Waals surface area contributed by atoms with E-state index in [0.29, 0.717) is 11.6 Å². The fraction of sp³-hybridized carbons (Fsp3) is 0.364. The van der Waals surface area contributed by atoms with Gasteiger partial charge >= 0.3 is 0 Å². The van der Waals surface area contributed by atoms with Crippen molar-refractivity contribution >= 4 is 32.3 Å². The summed E-state index contributed by atoms with van der Waals surface area (Å²) in [4.78, 5) is 12.4. The maximum absolute atomic E-state index is 11.1. The first-order chi connectivity index (χ1) is 7.45. The first-order valence-electron chi connectivity index (χ1n) is 4.69. The highest BCUT2D eigenvalue weighted by molar-refractivity contribution is 9.18. The number of methoxy groups -OCH3 is 1. The molecule has 0 atom stereocenters. The van der Waals surface area contributed by atoms with Crippen molar-refractivity contribution in [2.45, 2.75) is 13.5 Å².